The van der Waals surface area contributed by atoms with Crippen molar-refractivity contribution >= 4 is 0 Å². The molecule has 2 aliphatic rings. The lowest BCUT2D eigenvalue weighted by Gasteiger charge is -2.25. The number of hydrogen-bond donors (Lipinski definition) is 3. The Kier molecular flexibility index (Phi) is 26.3. The highest BCUT2D eigenvalue weighted by molar-refractivity contribution is 5.32. The van der Waals surface area contributed by atoms with Crippen molar-refractivity contribution in [3.05, 3.63) is 60.4 Å². The fourth-order valence-corrected chi connectivity index (χ4v) is 2.63. The maximum Gasteiger partial charge on any atom is 0.416 e. The normalized spacial score (nSPS) is 20.2. The average molecular weight is 490 g/mol. The van der Waals surface area contributed by atoms with Crippen LogP contribution >= 0.6 is 0 Å². The van der Waals surface area contributed by atoms with E-state index in [1.165, 1.54) is 12.5 Å². The summed E-state index contributed by atoms with van der Waals surface area (Å²) in [7, 11) is 0. The van der Waals surface area contributed by atoms with Crippen molar-refractivity contribution in [2.75, 3.05) is 6.54 Å². The second-order valence-corrected chi connectivity index (χ2v) is 7.46. The average Bonchev–Trinajstić information content (AvgIpc) is 3.07. The summed E-state index contributed by atoms with van der Waals surface area (Å²) in [6.45, 7) is 19.0. The molecule has 0 aromatic rings. The molecule has 0 unspecified atom stereocenters. The first-order chi connectivity index (χ1) is 16.1. The Morgan fingerprint density at radius 1 is 1.12 bits per heavy atom. The molecule has 6 heteroatoms. The van der Waals surface area contributed by atoms with Crippen LogP contribution in [0.25, 0.3) is 0 Å². The van der Waals surface area contributed by atoms with E-state index < -0.39 is 11.7 Å². The number of aliphatic hydroxyl groups excluding tert-OH is 2. The first kappa shape index (κ1) is 36.8. The predicted octanol–water partition coefficient (Wildman–Crippen LogP) is 8.60. The van der Waals surface area contributed by atoms with Crippen molar-refractivity contribution in [2.45, 2.75) is 105 Å². The highest BCUT2D eigenvalue weighted by Crippen LogP contribution is 2.28. The first-order valence-electron chi connectivity index (χ1n) is 12.7. The van der Waals surface area contributed by atoms with Crippen molar-refractivity contribution in [1.29, 1.82) is 0 Å². The summed E-state index contributed by atoms with van der Waals surface area (Å²) in [5.41, 5.74) is -0.744. The number of rotatable bonds is 5. The van der Waals surface area contributed by atoms with Gasteiger partial charge in [0.05, 0.1) is 17.4 Å². The fourth-order valence-electron chi connectivity index (χ4n) is 2.63. The monoisotopic (exact) mass is 489 g/mol. The van der Waals surface area contributed by atoms with Gasteiger partial charge < -0.3 is 15.5 Å². The van der Waals surface area contributed by atoms with Gasteiger partial charge in [-0.2, -0.15) is 13.2 Å². The molecule has 3 nitrogen and oxygen atoms in total. The Bertz CT molecular complexity index is 585. The molecule has 0 spiro atoms. The topological polar surface area (TPSA) is 52.5 Å². The number of halogens is 3. The van der Waals surface area contributed by atoms with E-state index in [0.717, 1.165) is 50.5 Å². The number of β-amino-alcohol motifs (C(OH)–C–C–N with tert-alkyl or cyclic N) is 1. The minimum atomic E-state index is -4.34. The van der Waals surface area contributed by atoms with Gasteiger partial charge in [-0.05, 0) is 50.2 Å². The molecule has 0 saturated carbocycles. The molecule has 3 atom stereocenters. The molecule has 0 bridgehead atoms. The van der Waals surface area contributed by atoms with Gasteiger partial charge in [-0.15, -0.1) is 6.58 Å². The molecule has 1 saturated heterocycles. The third-order valence-electron chi connectivity index (χ3n) is 4.70. The zero-order valence-corrected chi connectivity index (χ0v) is 22.5. The number of hydrogen-bond acceptors (Lipinski definition) is 3. The summed E-state index contributed by atoms with van der Waals surface area (Å²) >= 11 is 0. The first-order valence-corrected chi connectivity index (χ1v) is 12.7. The van der Waals surface area contributed by atoms with Crippen molar-refractivity contribution in [2.24, 2.45) is 5.92 Å². The van der Waals surface area contributed by atoms with Crippen LogP contribution in [0.1, 0.15) is 87.0 Å². The number of alkyl halides is 3. The lowest BCUT2D eigenvalue weighted by Crippen LogP contribution is -2.40. The van der Waals surface area contributed by atoms with E-state index in [1.54, 1.807) is 0 Å². The van der Waals surface area contributed by atoms with Gasteiger partial charge in [-0.1, -0.05) is 78.8 Å². The van der Waals surface area contributed by atoms with E-state index in [-0.39, 0.29) is 18.3 Å². The van der Waals surface area contributed by atoms with Crippen LogP contribution in [0.3, 0.4) is 0 Å². The van der Waals surface area contributed by atoms with E-state index in [1.807, 2.05) is 33.8 Å². The van der Waals surface area contributed by atoms with Crippen molar-refractivity contribution in [3.8, 4) is 0 Å². The number of allylic oxidation sites excluding steroid dienone is 8. The molecular weight excluding hydrogens is 439 g/mol. The molecule has 1 aliphatic heterocycles. The molecule has 1 fully saturated rings. The smallest absolute Gasteiger partial charge is 0.416 e. The maximum atomic E-state index is 12.0. The molecule has 0 aromatic heterocycles. The van der Waals surface area contributed by atoms with Crippen LogP contribution in [0, 0.1) is 5.92 Å². The van der Waals surface area contributed by atoms with Gasteiger partial charge in [0.25, 0.3) is 0 Å². The second kappa shape index (κ2) is 24.3. The SMILES string of the molecule is C=C[C@@H](C)CC=CCC.CC.CC.CC[C@@H]1CC[C@H](O)CN1.OC1=CC=C(C(F)(F)F)C=CC1. The van der Waals surface area contributed by atoms with Gasteiger partial charge in [-0.25, -0.2) is 0 Å². The Hall–Kier alpha value is -1.79. The van der Waals surface area contributed by atoms with Gasteiger partial charge in [-0.3, -0.25) is 0 Å². The maximum absolute atomic E-state index is 12.0. The highest BCUT2D eigenvalue weighted by Gasteiger charge is 2.31. The van der Waals surface area contributed by atoms with Crippen LogP contribution < -0.4 is 5.32 Å². The number of nitrogens with one attached hydrogen (secondary N) is 1. The fraction of sp³-hybridized carbons (Fsp3) is 0.643. The molecule has 0 radical (unpaired) electrons. The molecule has 1 aliphatic carbocycles. The summed E-state index contributed by atoms with van der Waals surface area (Å²) in [5.74, 6) is 0.568. The standard InChI is InChI=1S/C9H16.C8H7F3O.C7H15NO.2C2H6/c1-4-6-7-8-9(3)5-2;9-8(10,11)6-2-1-3-7(12)5-4-6;1-2-6-3-4-7(9)5-8-6;2*1-2/h5-7,9H,2,4,8H2,1,3H3;1-2,4-5,12H,3H2;6-9H,2-5H2,1H3;2*1-2H3/t9-;;6-,7+;;/m1.1../s1. The summed E-state index contributed by atoms with van der Waals surface area (Å²) < 4.78 is 36.1. The Morgan fingerprint density at radius 2 is 1.74 bits per heavy atom. The summed E-state index contributed by atoms with van der Waals surface area (Å²) in [4.78, 5) is 0. The van der Waals surface area contributed by atoms with Gasteiger partial charge in [0.2, 0.25) is 0 Å². The summed E-state index contributed by atoms with van der Waals surface area (Å²) in [6.07, 6.45) is 11.9. The van der Waals surface area contributed by atoms with Crippen LogP contribution in [0.2, 0.25) is 0 Å². The lowest BCUT2D eigenvalue weighted by molar-refractivity contribution is -0.0881. The quantitative estimate of drug-likeness (QED) is 0.339. The summed E-state index contributed by atoms with van der Waals surface area (Å²) in [5, 5.41) is 21.2. The van der Waals surface area contributed by atoms with Crippen LogP contribution in [0.15, 0.2) is 60.4 Å². The minimum absolute atomic E-state index is 0.0644. The Morgan fingerprint density at radius 3 is 2.18 bits per heavy atom. The minimum Gasteiger partial charge on any atom is -0.512 e. The second-order valence-electron chi connectivity index (χ2n) is 7.46. The molecule has 200 valence electrons. The van der Waals surface area contributed by atoms with Crippen molar-refractivity contribution < 1.29 is 23.4 Å². The zero-order chi connectivity index (χ0) is 27.0. The largest absolute Gasteiger partial charge is 0.512 e. The van der Waals surface area contributed by atoms with Crippen LogP contribution in [-0.4, -0.2) is 35.1 Å². The van der Waals surface area contributed by atoms with Crippen LogP contribution in [-0.2, 0) is 0 Å². The highest BCUT2D eigenvalue weighted by atomic mass is 19.4. The Balaban J connectivity index is -0.000000399. The molecule has 3 N–H and O–H groups in total. The molecule has 0 aromatic carbocycles. The Labute approximate surface area is 207 Å². The van der Waals surface area contributed by atoms with E-state index in [4.69, 9.17) is 10.2 Å². The van der Waals surface area contributed by atoms with Crippen molar-refractivity contribution in [1.82, 2.24) is 5.32 Å². The van der Waals surface area contributed by atoms with Crippen molar-refractivity contribution in [3.63, 3.8) is 0 Å². The van der Waals surface area contributed by atoms with E-state index in [9.17, 15) is 13.2 Å². The summed E-state index contributed by atoms with van der Waals surface area (Å²) in [6, 6.07) is 0.661. The van der Waals surface area contributed by atoms with E-state index >= 15 is 0 Å². The van der Waals surface area contributed by atoms with Gasteiger partial charge in [0.15, 0.2) is 0 Å². The molecule has 2 rings (SSSR count). The van der Waals surface area contributed by atoms with E-state index in [0.29, 0.717) is 12.0 Å². The van der Waals surface area contributed by atoms with Gasteiger partial charge in [0.1, 0.15) is 0 Å². The third-order valence-corrected chi connectivity index (χ3v) is 4.70. The molecule has 0 amide bonds. The van der Waals surface area contributed by atoms with Gasteiger partial charge in [0, 0.05) is 19.0 Å². The molecule has 34 heavy (non-hydrogen) atoms. The molecule has 1 heterocycles. The number of piperidine rings is 1. The molecular formula is C28H50F3NO2. The zero-order valence-electron chi connectivity index (χ0n) is 22.5. The van der Waals surface area contributed by atoms with Gasteiger partial charge >= 0.3 is 6.18 Å². The van der Waals surface area contributed by atoms with Crippen LogP contribution in [0.5, 0.6) is 0 Å². The lowest BCUT2D eigenvalue weighted by atomic mass is 10.0. The third kappa shape index (κ3) is 22.0. The van der Waals surface area contributed by atoms with E-state index in [2.05, 4.69) is 44.8 Å². The number of aliphatic hydroxyl groups is 2. The van der Waals surface area contributed by atoms with Crippen LogP contribution in [0.4, 0.5) is 13.2 Å². The predicted molar refractivity (Wildman–Crippen MR) is 142 cm³/mol.